The zero-order chi connectivity index (χ0) is 37.0. The highest BCUT2D eigenvalue weighted by Gasteiger charge is 2.46. The summed E-state index contributed by atoms with van der Waals surface area (Å²) < 4.78 is 53.6. The Morgan fingerprint density at radius 2 is 1.24 bits per heavy atom. The number of esters is 2. The van der Waals surface area contributed by atoms with Gasteiger partial charge in [-0.2, -0.15) is 8.42 Å². The molecule has 4 N–H and O–H groups in total. The van der Waals surface area contributed by atoms with Crippen molar-refractivity contribution in [1.29, 1.82) is 0 Å². The standard InChI is InChI=1S/C37H66O12S/c1-3-5-7-9-11-13-14-15-16-18-20-22-24-26-33(39)48-30(27-46-32(38)25-23-21-19-17-12-10-8-6-4-2)28-47-37-36(42)35(41)34(40)31(49-37)29-50(43,44)45/h15-16,20,22,30-31,34-37,40-42H,3-14,17-19,21,23-29H2,1-2H3,(H,43,44,45)/b16-15+,22-20+/t30?,31-,34-,35?,36?,37+/m1/s1. The number of allylic oxidation sites excluding steroid dienone is 4. The SMILES string of the molecule is CCCCCCCC/C=C/C/C=C/CCC(=O)OC(COC(=O)CCCCCCCCCCC)CO[C@H]1O[C@H](CS(=O)(=O)O)[C@@H](O)C(O)C1O. The fraction of sp³-hybridized carbons (Fsp3) is 0.838. The molecule has 1 aliphatic heterocycles. The molecule has 0 aliphatic carbocycles. The van der Waals surface area contributed by atoms with Gasteiger partial charge in [0.1, 0.15) is 36.8 Å². The zero-order valence-corrected chi connectivity index (χ0v) is 31.3. The van der Waals surface area contributed by atoms with Crippen molar-refractivity contribution in [3.63, 3.8) is 0 Å². The smallest absolute Gasteiger partial charge is 0.306 e. The molecule has 50 heavy (non-hydrogen) atoms. The Labute approximate surface area is 300 Å². The molecule has 13 heteroatoms. The number of ether oxygens (including phenoxy) is 4. The summed E-state index contributed by atoms with van der Waals surface area (Å²) >= 11 is 0. The minimum Gasteiger partial charge on any atom is -0.462 e. The third-order valence-electron chi connectivity index (χ3n) is 8.55. The number of carbonyl (C=O) groups excluding carboxylic acids is 2. The van der Waals surface area contributed by atoms with Gasteiger partial charge in [0, 0.05) is 12.8 Å². The van der Waals surface area contributed by atoms with Crippen LogP contribution in [-0.2, 0) is 38.7 Å². The Bertz CT molecular complexity index is 1050. The molecule has 0 aromatic heterocycles. The Balaban J connectivity index is 2.59. The monoisotopic (exact) mass is 734 g/mol. The van der Waals surface area contributed by atoms with Crippen molar-refractivity contribution < 1.29 is 56.8 Å². The van der Waals surface area contributed by atoms with Gasteiger partial charge < -0.3 is 34.3 Å². The molecule has 0 bridgehead atoms. The molecule has 6 atom stereocenters. The highest BCUT2D eigenvalue weighted by atomic mass is 32.2. The van der Waals surface area contributed by atoms with Crippen molar-refractivity contribution in [3.8, 4) is 0 Å². The van der Waals surface area contributed by atoms with E-state index in [-0.39, 0.29) is 19.4 Å². The van der Waals surface area contributed by atoms with Gasteiger partial charge in [-0.05, 0) is 32.1 Å². The summed E-state index contributed by atoms with van der Waals surface area (Å²) in [6.45, 7) is 3.64. The van der Waals surface area contributed by atoms with Gasteiger partial charge in [0.05, 0.1) is 6.61 Å². The Kier molecular flexibility index (Phi) is 26.5. The number of unbranched alkanes of at least 4 members (excludes halogenated alkanes) is 14. The second-order valence-corrected chi connectivity index (χ2v) is 14.7. The average Bonchev–Trinajstić information content (AvgIpc) is 3.07. The van der Waals surface area contributed by atoms with E-state index in [1.807, 2.05) is 12.2 Å². The fourth-order valence-corrected chi connectivity index (χ4v) is 6.24. The van der Waals surface area contributed by atoms with Crippen LogP contribution in [-0.4, -0.2) is 96.0 Å². The predicted octanol–water partition coefficient (Wildman–Crippen LogP) is 6.11. The summed E-state index contributed by atoms with van der Waals surface area (Å²) in [4.78, 5) is 25.1. The summed E-state index contributed by atoms with van der Waals surface area (Å²) in [7, 11) is -4.60. The van der Waals surface area contributed by atoms with E-state index >= 15 is 0 Å². The van der Waals surface area contributed by atoms with Crippen LogP contribution in [0.25, 0.3) is 0 Å². The molecule has 1 rings (SSSR count). The van der Waals surface area contributed by atoms with E-state index in [4.69, 9.17) is 18.9 Å². The molecule has 0 aromatic rings. The maximum atomic E-state index is 12.7. The van der Waals surface area contributed by atoms with Crippen molar-refractivity contribution in [2.45, 2.75) is 179 Å². The van der Waals surface area contributed by atoms with Crippen LogP contribution in [0.1, 0.15) is 142 Å². The van der Waals surface area contributed by atoms with Crippen molar-refractivity contribution in [3.05, 3.63) is 24.3 Å². The van der Waals surface area contributed by atoms with E-state index in [1.165, 1.54) is 70.6 Å². The van der Waals surface area contributed by atoms with Crippen LogP contribution in [0.2, 0.25) is 0 Å². The normalized spacial score (nSPS) is 21.9. The predicted molar refractivity (Wildman–Crippen MR) is 192 cm³/mol. The first kappa shape index (κ1) is 46.2. The van der Waals surface area contributed by atoms with Crippen molar-refractivity contribution in [2.75, 3.05) is 19.0 Å². The fourth-order valence-electron chi connectivity index (χ4n) is 5.55. The van der Waals surface area contributed by atoms with Crippen LogP contribution < -0.4 is 0 Å². The minimum absolute atomic E-state index is 0.0603. The second kappa shape index (κ2) is 28.7. The number of hydrogen-bond acceptors (Lipinski definition) is 11. The summed E-state index contributed by atoms with van der Waals surface area (Å²) in [6, 6.07) is 0. The van der Waals surface area contributed by atoms with Gasteiger partial charge in [-0.25, -0.2) is 0 Å². The molecular formula is C37H66O12S. The number of hydrogen-bond donors (Lipinski definition) is 4. The first-order chi connectivity index (χ1) is 24.0. The van der Waals surface area contributed by atoms with Crippen LogP contribution in [0.4, 0.5) is 0 Å². The molecule has 12 nitrogen and oxygen atoms in total. The van der Waals surface area contributed by atoms with Crippen LogP contribution in [0.5, 0.6) is 0 Å². The molecule has 0 saturated carbocycles. The minimum atomic E-state index is -4.60. The third kappa shape index (κ3) is 23.6. The molecular weight excluding hydrogens is 668 g/mol. The number of aliphatic hydroxyl groups excluding tert-OH is 3. The highest BCUT2D eigenvalue weighted by molar-refractivity contribution is 7.85. The number of rotatable bonds is 30. The van der Waals surface area contributed by atoms with E-state index in [2.05, 4.69) is 26.0 Å². The van der Waals surface area contributed by atoms with Gasteiger partial charge in [-0.1, -0.05) is 122 Å². The molecule has 0 aromatic carbocycles. The molecule has 292 valence electrons. The molecule has 0 radical (unpaired) electrons. The van der Waals surface area contributed by atoms with Gasteiger partial charge in [0.2, 0.25) is 0 Å². The van der Waals surface area contributed by atoms with E-state index in [0.29, 0.717) is 12.8 Å². The molecule has 1 saturated heterocycles. The van der Waals surface area contributed by atoms with Crippen molar-refractivity contribution in [2.24, 2.45) is 0 Å². The second-order valence-electron chi connectivity index (χ2n) is 13.2. The average molecular weight is 735 g/mol. The van der Waals surface area contributed by atoms with E-state index in [1.54, 1.807) is 0 Å². The Hall–Kier alpha value is -1.87. The van der Waals surface area contributed by atoms with Gasteiger partial charge in [0.15, 0.2) is 12.4 Å². The van der Waals surface area contributed by atoms with Crippen molar-refractivity contribution in [1.82, 2.24) is 0 Å². The molecule has 1 aliphatic rings. The quantitative estimate of drug-likeness (QED) is 0.0288. The summed E-state index contributed by atoms with van der Waals surface area (Å²) in [5, 5.41) is 30.7. The lowest BCUT2D eigenvalue weighted by atomic mass is 10.00. The first-order valence-corrected chi connectivity index (χ1v) is 20.5. The summed E-state index contributed by atoms with van der Waals surface area (Å²) in [5.74, 6) is -2.07. The van der Waals surface area contributed by atoms with Gasteiger partial charge in [-0.3, -0.25) is 14.1 Å². The molecule has 0 amide bonds. The topological polar surface area (TPSA) is 186 Å². The van der Waals surface area contributed by atoms with Gasteiger partial charge in [-0.15, -0.1) is 0 Å². The summed E-state index contributed by atoms with van der Waals surface area (Å²) in [5.41, 5.74) is 0. The van der Waals surface area contributed by atoms with E-state index < -0.39 is 71.2 Å². The molecule has 1 fully saturated rings. The zero-order valence-electron chi connectivity index (χ0n) is 30.5. The van der Waals surface area contributed by atoms with E-state index in [9.17, 15) is 37.9 Å². The molecule has 3 unspecified atom stereocenters. The van der Waals surface area contributed by atoms with Crippen LogP contribution in [0.15, 0.2) is 24.3 Å². The van der Waals surface area contributed by atoms with Crippen molar-refractivity contribution >= 4 is 22.1 Å². The maximum absolute atomic E-state index is 12.7. The van der Waals surface area contributed by atoms with Gasteiger partial charge in [0.25, 0.3) is 10.1 Å². The lowest BCUT2D eigenvalue weighted by Gasteiger charge is -2.40. The first-order valence-electron chi connectivity index (χ1n) is 18.9. The summed E-state index contributed by atoms with van der Waals surface area (Å²) in [6.07, 6.45) is 18.4. The lowest BCUT2D eigenvalue weighted by Crippen LogP contribution is -2.60. The largest absolute Gasteiger partial charge is 0.462 e. The Morgan fingerprint density at radius 1 is 0.680 bits per heavy atom. The number of carbonyl (C=O) groups is 2. The highest BCUT2D eigenvalue weighted by Crippen LogP contribution is 2.24. The van der Waals surface area contributed by atoms with Crippen LogP contribution in [0, 0.1) is 0 Å². The molecule has 1 heterocycles. The Morgan fingerprint density at radius 3 is 1.84 bits per heavy atom. The number of aliphatic hydroxyl groups is 3. The maximum Gasteiger partial charge on any atom is 0.306 e. The lowest BCUT2D eigenvalue weighted by molar-refractivity contribution is -0.297. The van der Waals surface area contributed by atoms with Crippen LogP contribution in [0.3, 0.4) is 0 Å². The van der Waals surface area contributed by atoms with Crippen LogP contribution >= 0.6 is 0 Å². The van der Waals surface area contributed by atoms with E-state index in [0.717, 1.165) is 32.1 Å². The third-order valence-corrected chi connectivity index (χ3v) is 9.30. The van der Waals surface area contributed by atoms with Gasteiger partial charge >= 0.3 is 11.9 Å². The molecule has 0 spiro atoms.